The van der Waals surface area contributed by atoms with Crippen LogP contribution in [0.5, 0.6) is 0 Å². The summed E-state index contributed by atoms with van der Waals surface area (Å²) >= 11 is 0. The number of amides is 1. The number of rotatable bonds is 9. The van der Waals surface area contributed by atoms with Gasteiger partial charge in [-0.05, 0) is 42.8 Å². The van der Waals surface area contributed by atoms with Crippen LogP contribution in [0, 0.1) is 35.2 Å². The van der Waals surface area contributed by atoms with Crippen molar-refractivity contribution < 1.29 is 14.1 Å². The highest BCUT2D eigenvalue weighted by Crippen LogP contribution is 2.25. The lowest BCUT2D eigenvalue weighted by atomic mass is 10.0. The van der Waals surface area contributed by atoms with E-state index in [1.54, 1.807) is 42.2 Å². The number of H-pyrrole nitrogens is 2. The Morgan fingerprint density at radius 2 is 2.00 bits per heavy atom. The molecular weight excluding hydrogens is 545 g/mol. The number of terminal acetylenes is 1. The van der Waals surface area contributed by atoms with Crippen LogP contribution in [0.4, 0.5) is 15.8 Å². The summed E-state index contributed by atoms with van der Waals surface area (Å²) in [5.41, 5.74) is 1.22. The minimum absolute atomic E-state index is 0.0531. The van der Waals surface area contributed by atoms with Crippen molar-refractivity contribution in [1.82, 2.24) is 35.9 Å². The van der Waals surface area contributed by atoms with E-state index in [1.807, 2.05) is 0 Å². The molecule has 1 atom stereocenters. The number of carbonyl (C=O) groups excluding carboxylic acids is 1. The Balaban J connectivity index is 1.38. The van der Waals surface area contributed by atoms with Crippen LogP contribution < -0.4 is 15.8 Å². The highest BCUT2D eigenvalue weighted by molar-refractivity contribution is 5.95. The lowest BCUT2D eigenvalue weighted by molar-refractivity contribution is -0.384. The number of carbonyl (C=O) groups is 1. The fraction of sp³-hybridized carbons (Fsp3) is 0.143. The van der Waals surface area contributed by atoms with Crippen LogP contribution in [0.25, 0.3) is 10.9 Å². The van der Waals surface area contributed by atoms with Crippen molar-refractivity contribution in [2.45, 2.75) is 19.5 Å². The molecule has 0 fully saturated rings. The van der Waals surface area contributed by atoms with Crippen LogP contribution in [0.3, 0.4) is 0 Å². The van der Waals surface area contributed by atoms with Crippen molar-refractivity contribution in [3.8, 4) is 12.3 Å². The number of nitrogens with zero attached hydrogens (tertiary/aromatic N) is 6. The van der Waals surface area contributed by atoms with Gasteiger partial charge in [-0.2, -0.15) is 5.21 Å². The second-order valence-corrected chi connectivity index (χ2v) is 9.25. The number of anilines is 1. The summed E-state index contributed by atoms with van der Waals surface area (Å²) in [5, 5.41) is 28.0. The standard InChI is InChI=1S/C28H22FN9O4/c1-3-11-37(15-19-13-22-24(14-23(19)29)30-16(2)31-28(22)40)20-9-7-17(8-10-20)27(39)32-25(26-33-35-36-34-26)18-5-4-6-21(12-18)38(41)42/h1,4-10,12-14,25H,11,15H2,2H3,(H,32,39)(H,30,31,40)(H,33,34,35,36). The van der Waals surface area contributed by atoms with Gasteiger partial charge in [-0.15, -0.1) is 16.6 Å². The fourth-order valence-electron chi connectivity index (χ4n) is 4.44. The quantitative estimate of drug-likeness (QED) is 0.137. The van der Waals surface area contributed by atoms with Gasteiger partial charge in [-0.1, -0.05) is 23.3 Å². The number of benzene rings is 3. The van der Waals surface area contributed by atoms with E-state index in [0.29, 0.717) is 17.1 Å². The summed E-state index contributed by atoms with van der Waals surface area (Å²) in [6, 6.07) is 13.9. The molecule has 0 bridgehead atoms. The first kappa shape index (κ1) is 27.6. The average Bonchev–Trinajstić information content (AvgIpc) is 3.51. The molecule has 210 valence electrons. The van der Waals surface area contributed by atoms with Gasteiger partial charge in [0.25, 0.3) is 17.2 Å². The summed E-state index contributed by atoms with van der Waals surface area (Å²) in [6.07, 6.45) is 5.58. The Kier molecular flexibility index (Phi) is 7.65. The molecule has 0 saturated carbocycles. The molecule has 0 spiro atoms. The first-order valence-corrected chi connectivity index (χ1v) is 12.5. The van der Waals surface area contributed by atoms with Crippen LogP contribution in [0.1, 0.15) is 39.2 Å². The minimum atomic E-state index is -0.925. The maximum atomic E-state index is 15.0. The molecule has 0 radical (unpaired) electrons. The van der Waals surface area contributed by atoms with Crippen molar-refractivity contribution in [3.63, 3.8) is 0 Å². The van der Waals surface area contributed by atoms with E-state index in [9.17, 15) is 24.1 Å². The van der Waals surface area contributed by atoms with Gasteiger partial charge in [0.1, 0.15) is 17.7 Å². The van der Waals surface area contributed by atoms with Gasteiger partial charge < -0.3 is 15.2 Å². The average molecular weight is 568 g/mol. The van der Waals surface area contributed by atoms with Crippen LogP contribution in [0.15, 0.2) is 65.5 Å². The number of hydrogen-bond acceptors (Lipinski definition) is 9. The number of aryl methyl sites for hydroxylation is 1. The number of tetrazole rings is 1. The predicted octanol–water partition coefficient (Wildman–Crippen LogP) is 2.95. The zero-order valence-electron chi connectivity index (χ0n) is 22.0. The van der Waals surface area contributed by atoms with E-state index in [-0.39, 0.29) is 52.2 Å². The molecule has 1 amide bonds. The summed E-state index contributed by atoms with van der Waals surface area (Å²) in [7, 11) is 0. The maximum absolute atomic E-state index is 15.0. The first-order chi connectivity index (χ1) is 20.2. The molecule has 2 heterocycles. The summed E-state index contributed by atoms with van der Waals surface area (Å²) in [4.78, 5) is 44.8. The molecule has 0 aliphatic rings. The monoisotopic (exact) mass is 567 g/mol. The molecule has 0 saturated heterocycles. The Hall–Kier alpha value is -5.97. The van der Waals surface area contributed by atoms with E-state index in [4.69, 9.17) is 6.42 Å². The van der Waals surface area contributed by atoms with Crippen LogP contribution in [-0.2, 0) is 6.54 Å². The minimum Gasteiger partial charge on any atom is -0.356 e. The van der Waals surface area contributed by atoms with Crippen molar-refractivity contribution >= 4 is 28.2 Å². The van der Waals surface area contributed by atoms with Gasteiger partial charge in [0.05, 0.1) is 22.4 Å². The molecule has 13 nitrogen and oxygen atoms in total. The van der Waals surface area contributed by atoms with Crippen LogP contribution in [-0.4, -0.2) is 48.0 Å². The van der Waals surface area contributed by atoms with E-state index >= 15 is 0 Å². The zero-order chi connectivity index (χ0) is 29.8. The van der Waals surface area contributed by atoms with E-state index in [1.165, 1.54) is 30.3 Å². The van der Waals surface area contributed by atoms with E-state index < -0.39 is 22.7 Å². The molecule has 2 aromatic heterocycles. The predicted molar refractivity (Wildman–Crippen MR) is 150 cm³/mol. The van der Waals surface area contributed by atoms with Gasteiger partial charge >= 0.3 is 0 Å². The molecule has 0 aliphatic heterocycles. The second kappa shape index (κ2) is 11.6. The highest BCUT2D eigenvalue weighted by atomic mass is 19.1. The third-order valence-corrected chi connectivity index (χ3v) is 6.44. The topological polar surface area (TPSA) is 176 Å². The Morgan fingerprint density at radius 1 is 1.21 bits per heavy atom. The summed E-state index contributed by atoms with van der Waals surface area (Å²) in [6.45, 7) is 1.79. The smallest absolute Gasteiger partial charge is 0.269 e. The Labute approximate surface area is 237 Å². The molecule has 3 aromatic carbocycles. The number of nitrogens with one attached hydrogen (secondary N) is 3. The van der Waals surface area contributed by atoms with E-state index in [2.05, 4.69) is 41.8 Å². The highest BCUT2D eigenvalue weighted by Gasteiger charge is 2.24. The molecule has 5 aromatic rings. The number of non-ortho nitro benzene ring substituents is 1. The molecule has 1 unspecified atom stereocenters. The molecule has 14 heteroatoms. The summed E-state index contributed by atoms with van der Waals surface area (Å²) in [5.74, 6) is 2.00. The van der Waals surface area contributed by atoms with Crippen molar-refractivity contribution in [3.05, 3.63) is 115 Å². The van der Waals surface area contributed by atoms with Crippen LogP contribution >= 0.6 is 0 Å². The van der Waals surface area contributed by atoms with Gasteiger partial charge in [-0.25, -0.2) is 9.37 Å². The number of nitro benzene ring substituents is 1. The third-order valence-electron chi connectivity index (χ3n) is 6.44. The van der Waals surface area contributed by atoms with Gasteiger partial charge in [0, 0.05) is 41.6 Å². The number of halogens is 1. The molecule has 0 aliphatic carbocycles. The lowest BCUT2D eigenvalue weighted by Crippen LogP contribution is -2.30. The molecular formula is C28H22FN9O4. The molecule has 42 heavy (non-hydrogen) atoms. The largest absolute Gasteiger partial charge is 0.356 e. The van der Waals surface area contributed by atoms with Crippen molar-refractivity contribution in [2.24, 2.45) is 0 Å². The molecule has 3 N–H and O–H groups in total. The summed E-state index contributed by atoms with van der Waals surface area (Å²) < 4.78 is 15.0. The van der Waals surface area contributed by atoms with Gasteiger partial charge in [0.2, 0.25) is 5.82 Å². The number of fused-ring (bicyclic) bond motifs is 1. The van der Waals surface area contributed by atoms with E-state index in [0.717, 1.165) is 0 Å². The molecule has 5 rings (SSSR count). The Bertz CT molecular complexity index is 1880. The van der Waals surface area contributed by atoms with Crippen molar-refractivity contribution in [1.29, 1.82) is 0 Å². The van der Waals surface area contributed by atoms with Gasteiger partial charge in [0.15, 0.2) is 0 Å². The maximum Gasteiger partial charge on any atom is 0.269 e. The number of aromatic nitrogens is 6. The normalized spacial score (nSPS) is 11.5. The second-order valence-electron chi connectivity index (χ2n) is 9.25. The lowest BCUT2D eigenvalue weighted by Gasteiger charge is -2.23. The van der Waals surface area contributed by atoms with Crippen LogP contribution in [0.2, 0.25) is 0 Å². The van der Waals surface area contributed by atoms with Crippen molar-refractivity contribution in [2.75, 3.05) is 11.4 Å². The number of hydrogen-bond donors (Lipinski definition) is 3. The SMILES string of the molecule is C#CCN(Cc1cc2c(=O)[nH]c(C)nc2cc1F)c1ccc(C(=O)NC(c2cccc([N+](=O)[O-])c2)c2nn[nH]n2)cc1. The zero-order valence-corrected chi connectivity index (χ0v) is 22.0. The Morgan fingerprint density at radius 3 is 2.69 bits per heavy atom. The first-order valence-electron chi connectivity index (χ1n) is 12.5. The third kappa shape index (κ3) is 5.80. The number of nitro groups is 1. The fourth-order valence-corrected chi connectivity index (χ4v) is 4.44. The van der Waals surface area contributed by atoms with Gasteiger partial charge in [-0.3, -0.25) is 19.7 Å². The number of aromatic amines is 2.